The predicted octanol–water partition coefficient (Wildman–Crippen LogP) is -1.14. The van der Waals surface area contributed by atoms with Crippen LogP contribution in [0.2, 0.25) is 0 Å². The van der Waals surface area contributed by atoms with E-state index in [9.17, 15) is 0 Å². The molecular formula is BiKNaNb. The van der Waals surface area contributed by atoms with Crippen LogP contribution in [-0.2, 0) is 22.4 Å². The van der Waals surface area contributed by atoms with E-state index in [1.165, 1.54) is 0 Å². The summed E-state index contributed by atoms with van der Waals surface area (Å²) < 4.78 is 0. The fourth-order valence-electron chi connectivity index (χ4n) is 0. The van der Waals surface area contributed by atoms with Crippen molar-refractivity contribution in [3.63, 3.8) is 0 Å². The van der Waals surface area contributed by atoms with Crippen molar-refractivity contribution in [3.8, 4) is 0 Å². The summed E-state index contributed by atoms with van der Waals surface area (Å²) in [4.78, 5) is 0. The molecule has 0 saturated carbocycles. The zero-order valence-corrected chi connectivity index (χ0v) is 13.7. The van der Waals surface area contributed by atoms with Crippen LogP contribution >= 0.6 is 0 Å². The van der Waals surface area contributed by atoms with Crippen molar-refractivity contribution in [2.75, 3.05) is 0 Å². The molecule has 0 unspecified atom stereocenters. The zero-order chi connectivity index (χ0) is 0. The summed E-state index contributed by atoms with van der Waals surface area (Å²) in [5.41, 5.74) is 0. The molecule has 0 bridgehead atoms. The standard InChI is InChI=1S/Bi.K.Na.Nb. The molecule has 6 radical (unpaired) electrons. The Morgan fingerprint density at radius 2 is 1.00 bits per heavy atom. The summed E-state index contributed by atoms with van der Waals surface area (Å²) in [6.07, 6.45) is 0. The van der Waals surface area contributed by atoms with Crippen LogP contribution < -0.4 is 0 Å². The SMILES string of the molecule is [Bi].[K].[Na].[Nb]. The molecule has 0 aliphatic heterocycles. The van der Waals surface area contributed by atoms with E-state index in [0.29, 0.717) is 0 Å². The number of hydrogen-bond donors (Lipinski definition) is 0. The second kappa shape index (κ2) is 15.7. The molecule has 0 aromatic carbocycles. The van der Waals surface area contributed by atoms with Crippen molar-refractivity contribution in [1.82, 2.24) is 0 Å². The number of rotatable bonds is 0. The molecule has 0 aromatic rings. The largest absolute Gasteiger partial charge is 0 e. The minimum atomic E-state index is 0. The van der Waals surface area contributed by atoms with Crippen LogP contribution in [0.4, 0.5) is 0 Å². The van der Waals surface area contributed by atoms with Gasteiger partial charge < -0.3 is 0 Å². The van der Waals surface area contributed by atoms with Crippen molar-refractivity contribution in [3.05, 3.63) is 0 Å². The molecule has 0 heterocycles. The average molecular weight is 364 g/mol. The molecule has 0 spiro atoms. The van der Waals surface area contributed by atoms with Crippen molar-refractivity contribution < 1.29 is 22.4 Å². The van der Waals surface area contributed by atoms with Gasteiger partial charge in [-0.05, 0) is 0 Å². The van der Waals surface area contributed by atoms with Gasteiger partial charge in [0.1, 0.15) is 0 Å². The van der Waals surface area contributed by atoms with Gasteiger partial charge in [0.05, 0.1) is 0 Å². The fraction of sp³-hybridized carbons (Fsp3) is 0. The number of hydrogen-bond acceptors (Lipinski definition) is 0. The topological polar surface area (TPSA) is 0 Å². The van der Waals surface area contributed by atoms with Crippen LogP contribution in [0.25, 0.3) is 0 Å². The van der Waals surface area contributed by atoms with Gasteiger partial charge in [0.15, 0.2) is 0 Å². The van der Waals surface area contributed by atoms with Gasteiger partial charge in [-0.1, -0.05) is 0 Å². The third-order valence-electron chi connectivity index (χ3n) is 0. The first-order valence-electron chi connectivity index (χ1n) is 0. The van der Waals surface area contributed by atoms with E-state index in [1.54, 1.807) is 0 Å². The first-order valence-corrected chi connectivity index (χ1v) is 0. The van der Waals surface area contributed by atoms with Gasteiger partial charge in [0.2, 0.25) is 0 Å². The van der Waals surface area contributed by atoms with E-state index in [2.05, 4.69) is 0 Å². The van der Waals surface area contributed by atoms with Crippen LogP contribution in [0.1, 0.15) is 0 Å². The zero-order valence-electron chi connectivity index (χ0n) is 2.89. The molecule has 0 aliphatic carbocycles. The first-order chi connectivity index (χ1) is 0. The Bertz CT molecular complexity index is 8.00. The van der Waals surface area contributed by atoms with Crippen molar-refractivity contribution in [2.24, 2.45) is 0 Å². The quantitative estimate of drug-likeness (QED) is 0.477. The van der Waals surface area contributed by atoms with Crippen molar-refractivity contribution >= 4 is 107 Å². The molecule has 0 aromatic heterocycles. The summed E-state index contributed by atoms with van der Waals surface area (Å²) in [6.45, 7) is 0. The van der Waals surface area contributed by atoms with E-state index in [1.807, 2.05) is 0 Å². The first kappa shape index (κ1) is 24.0. The van der Waals surface area contributed by atoms with E-state index >= 15 is 0 Å². The molecule has 4 heavy (non-hydrogen) atoms. The summed E-state index contributed by atoms with van der Waals surface area (Å²) in [5.74, 6) is 0. The Labute approximate surface area is 126 Å². The molecule has 0 nitrogen and oxygen atoms in total. The molecule has 0 N–H and O–H groups in total. The predicted molar refractivity (Wildman–Crippen MR) is 17.3 cm³/mol. The molecule has 0 fully saturated rings. The van der Waals surface area contributed by atoms with E-state index in [-0.39, 0.29) is 130 Å². The molecular weight excluding hydrogens is 364 g/mol. The fourth-order valence-corrected chi connectivity index (χ4v) is 0. The smallest absolute Gasteiger partial charge is 0 e. The Morgan fingerprint density at radius 3 is 1.00 bits per heavy atom. The summed E-state index contributed by atoms with van der Waals surface area (Å²) >= 11 is 0. The summed E-state index contributed by atoms with van der Waals surface area (Å²) in [5, 5.41) is 0. The molecule has 0 saturated heterocycles. The van der Waals surface area contributed by atoms with E-state index in [0.717, 1.165) is 0 Å². The average Bonchev–Trinajstić information content (AvgIpc) is 0. The van der Waals surface area contributed by atoms with Crippen molar-refractivity contribution in [1.29, 1.82) is 0 Å². The van der Waals surface area contributed by atoms with Gasteiger partial charge in [-0.2, -0.15) is 0 Å². The maximum absolute atomic E-state index is 0. The third-order valence-corrected chi connectivity index (χ3v) is 0. The second-order valence-corrected chi connectivity index (χ2v) is 0. The maximum Gasteiger partial charge on any atom is 0 e. The van der Waals surface area contributed by atoms with Gasteiger partial charge in [-0.25, -0.2) is 0 Å². The summed E-state index contributed by atoms with van der Waals surface area (Å²) in [7, 11) is 0. The van der Waals surface area contributed by atoms with Crippen molar-refractivity contribution in [2.45, 2.75) is 0 Å². The van der Waals surface area contributed by atoms with Gasteiger partial charge in [-0.3, -0.25) is 0 Å². The Morgan fingerprint density at radius 1 is 1.00 bits per heavy atom. The molecule has 0 aliphatic rings. The van der Waals surface area contributed by atoms with Crippen LogP contribution in [-0.4, -0.2) is 107 Å². The molecule has 12 valence electrons. The Kier molecular flexibility index (Phi) is 94.0. The molecule has 0 atom stereocenters. The molecule has 0 amide bonds. The van der Waals surface area contributed by atoms with Gasteiger partial charge in [0, 0.05) is 130 Å². The maximum atomic E-state index is 0. The third kappa shape index (κ3) is 9.54. The second-order valence-electron chi connectivity index (χ2n) is 0. The minimum Gasteiger partial charge on any atom is 0 e. The Hall–Kier alpha value is 4.26. The van der Waals surface area contributed by atoms with E-state index in [4.69, 9.17) is 0 Å². The van der Waals surface area contributed by atoms with E-state index < -0.39 is 0 Å². The Balaban J connectivity index is 0. The minimum absolute atomic E-state index is 0. The van der Waals surface area contributed by atoms with Crippen LogP contribution in [0.15, 0.2) is 0 Å². The monoisotopic (exact) mass is 364 g/mol. The van der Waals surface area contributed by atoms with Crippen LogP contribution in [0.3, 0.4) is 0 Å². The van der Waals surface area contributed by atoms with Gasteiger partial charge in [0.25, 0.3) is 0 Å². The normalized spacial score (nSPS) is 0. The van der Waals surface area contributed by atoms with Gasteiger partial charge >= 0.3 is 0 Å². The molecule has 0 rings (SSSR count). The summed E-state index contributed by atoms with van der Waals surface area (Å²) in [6, 6.07) is 0. The van der Waals surface area contributed by atoms with Crippen LogP contribution in [0, 0.1) is 0 Å². The van der Waals surface area contributed by atoms with Crippen LogP contribution in [0.5, 0.6) is 0 Å². The van der Waals surface area contributed by atoms with Gasteiger partial charge in [-0.15, -0.1) is 0 Å². The molecule has 4 heteroatoms.